The van der Waals surface area contributed by atoms with E-state index in [-0.39, 0.29) is 32.8 Å². The topological polar surface area (TPSA) is 68.3 Å². The second-order valence-corrected chi connectivity index (χ2v) is 5.86. The molecule has 0 saturated heterocycles. The number of hydrogen-bond acceptors (Lipinski definition) is 4. The highest BCUT2D eigenvalue weighted by molar-refractivity contribution is 6.11. The molecule has 0 radical (unpaired) electrons. The molecule has 112 valence electrons. The van der Waals surface area contributed by atoms with E-state index in [1.165, 1.54) is 25.1 Å². The molecule has 0 amide bonds. The summed E-state index contributed by atoms with van der Waals surface area (Å²) in [5.41, 5.74) is -2.43. The van der Waals surface area contributed by atoms with Crippen LogP contribution in [-0.2, 0) is 0 Å². The Morgan fingerprint density at radius 3 is 1.74 bits per heavy atom. The fraction of sp³-hybridized carbons (Fsp3) is 0.111. The van der Waals surface area contributed by atoms with Crippen LogP contribution in [0.1, 0.15) is 11.1 Å². The first-order valence-electron chi connectivity index (χ1n) is 6.99. The van der Waals surface area contributed by atoms with E-state index >= 15 is 0 Å². The summed E-state index contributed by atoms with van der Waals surface area (Å²) < 4.78 is 14.5. The van der Waals surface area contributed by atoms with Gasteiger partial charge in [-0.1, -0.05) is 0 Å². The van der Waals surface area contributed by atoms with Gasteiger partial charge in [0.1, 0.15) is 5.82 Å². The number of aryl methyl sites for hydroxylation is 2. The minimum absolute atomic E-state index is 0.0117. The Kier molecular flexibility index (Phi) is 2.42. The van der Waals surface area contributed by atoms with Gasteiger partial charge in [-0.05, 0) is 43.2 Å². The van der Waals surface area contributed by atoms with Crippen LogP contribution in [0.15, 0.2) is 37.4 Å². The van der Waals surface area contributed by atoms with E-state index in [1.54, 1.807) is 6.92 Å². The van der Waals surface area contributed by atoms with Crippen molar-refractivity contribution in [3.8, 4) is 11.1 Å². The average Bonchev–Trinajstić information content (AvgIpc) is 2.51. The van der Waals surface area contributed by atoms with Crippen molar-refractivity contribution in [2.45, 2.75) is 13.8 Å². The van der Waals surface area contributed by atoms with Crippen LogP contribution in [0.25, 0.3) is 32.7 Å². The van der Waals surface area contributed by atoms with E-state index in [2.05, 4.69) is 0 Å². The lowest BCUT2D eigenvalue weighted by Crippen LogP contribution is -2.32. The Hall–Kier alpha value is -2.95. The first kappa shape index (κ1) is 13.7. The Bertz CT molecular complexity index is 1310. The molecule has 2 aliphatic carbocycles. The molecule has 0 unspecified atom stereocenters. The highest BCUT2D eigenvalue weighted by Crippen LogP contribution is 2.36. The number of hydrogen-bond donors (Lipinski definition) is 0. The molecular weight excluding hydrogens is 299 g/mol. The van der Waals surface area contributed by atoms with Crippen molar-refractivity contribution in [2.24, 2.45) is 0 Å². The minimum atomic E-state index is -0.978. The summed E-state index contributed by atoms with van der Waals surface area (Å²) in [6, 6.07) is 4.25. The minimum Gasteiger partial charge on any atom is -0.285 e. The van der Waals surface area contributed by atoms with Crippen LogP contribution in [0.5, 0.6) is 0 Å². The molecule has 0 spiro atoms. The van der Waals surface area contributed by atoms with Gasteiger partial charge in [0.05, 0.1) is 5.39 Å². The van der Waals surface area contributed by atoms with Crippen LogP contribution in [-0.4, -0.2) is 0 Å². The summed E-state index contributed by atoms with van der Waals surface area (Å²) in [5, 5.41) is -0.295. The van der Waals surface area contributed by atoms with E-state index in [4.69, 9.17) is 0 Å². The predicted octanol–water partition coefficient (Wildman–Crippen LogP) is 1.61. The lowest BCUT2D eigenvalue weighted by Gasteiger charge is -2.16. The number of benzene rings is 4. The highest BCUT2D eigenvalue weighted by atomic mass is 19.1. The van der Waals surface area contributed by atoms with Gasteiger partial charge in [-0.2, -0.15) is 0 Å². The number of halogens is 1. The van der Waals surface area contributed by atoms with Gasteiger partial charge in [0.25, 0.3) is 0 Å². The summed E-state index contributed by atoms with van der Waals surface area (Å²) in [6.45, 7) is 3.05. The van der Waals surface area contributed by atoms with Crippen molar-refractivity contribution in [1.82, 2.24) is 0 Å². The van der Waals surface area contributed by atoms with E-state index in [1.807, 2.05) is 0 Å². The van der Waals surface area contributed by atoms with E-state index < -0.39 is 32.9 Å². The van der Waals surface area contributed by atoms with Crippen LogP contribution in [0.4, 0.5) is 4.39 Å². The molecule has 0 aliphatic heterocycles. The maximum atomic E-state index is 14.5. The molecule has 5 heteroatoms. The molecule has 4 nitrogen and oxygen atoms in total. The van der Waals surface area contributed by atoms with Gasteiger partial charge in [0.15, 0.2) is 0 Å². The third-order valence-electron chi connectivity index (χ3n) is 4.35. The largest absolute Gasteiger partial charge is 0.285 e. The summed E-state index contributed by atoms with van der Waals surface area (Å²) >= 11 is 0. The predicted molar refractivity (Wildman–Crippen MR) is 86.1 cm³/mol. The SMILES string of the molecule is Cc1cc2c3c(c1)c(=O)c(=O)c1c(F)c(C)cc(c1-3)c(=O)c2=O. The first-order valence-corrected chi connectivity index (χ1v) is 6.99. The zero-order valence-corrected chi connectivity index (χ0v) is 12.2. The van der Waals surface area contributed by atoms with Crippen LogP contribution < -0.4 is 21.7 Å². The molecular formula is C18H9FO4. The molecule has 2 aliphatic rings. The molecule has 23 heavy (non-hydrogen) atoms. The molecule has 0 fully saturated rings. The van der Waals surface area contributed by atoms with Crippen LogP contribution >= 0.6 is 0 Å². The van der Waals surface area contributed by atoms with Crippen molar-refractivity contribution in [1.29, 1.82) is 0 Å². The van der Waals surface area contributed by atoms with Crippen molar-refractivity contribution < 1.29 is 4.39 Å². The zero-order chi connectivity index (χ0) is 16.6. The molecule has 0 bridgehead atoms. The van der Waals surface area contributed by atoms with Gasteiger partial charge in [-0.25, -0.2) is 4.39 Å². The summed E-state index contributed by atoms with van der Waals surface area (Å²) in [7, 11) is 0. The summed E-state index contributed by atoms with van der Waals surface area (Å²) in [6.07, 6.45) is 0. The van der Waals surface area contributed by atoms with E-state index in [0.717, 1.165) is 0 Å². The second-order valence-electron chi connectivity index (χ2n) is 5.86. The molecule has 0 atom stereocenters. The molecule has 4 rings (SSSR count). The third kappa shape index (κ3) is 1.49. The molecule has 0 N–H and O–H groups in total. The van der Waals surface area contributed by atoms with Crippen LogP contribution in [0.3, 0.4) is 0 Å². The first-order chi connectivity index (χ1) is 10.8. The van der Waals surface area contributed by atoms with Gasteiger partial charge < -0.3 is 0 Å². The molecule has 0 saturated carbocycles. The molecule has 2 aromatic rings. The summed E-state index contributed by atoms with van der Waals surface area (Å²) in [4.78, 5) is 49.4. The van der Waals surface area contributed by atoms with Gasteiger partial charge in [0, 0.05) is 27.3 Å². The standard InChI is InChI=1S/C18H9FO4/c1-6-3-8-11-9(4-6)17(22)18(23)13-12(11)10(16(21)15(8)20)5-7(2)14(13)19/h3-5H,1-2H3. The molecule has 2 aromatic carbocycles. The Balaban J connectivity index is 2.63. The van der Waals surface area contributed by atoms with Crippen molar-refractivity contribution in [3.63, 3.8) is 0 Å². The second kappa shape index (κ2) is 4.07. The zero-order valence-electron chi connectivity index (χ0n) is 12.2. The smallest absolute Gasteiger partial charge is 0.237 e. The van der Waals surface area contributed by atoms with Gasteiger partial charge >= 0.3 is 0 Å². The lowest BCUT2D eigenvalue weighted by atomic mass is 9.85. The monoisotopic (exact) mass is 308 g/mol. The maximum absolute atomic E-state index is 14.5. The quantitative estimate of drug-likeness (QED) is 0.365. The lowest BCUT2D eigenvalue weighted by molar-refractivity contribution is 0.630. The van der Waals surface area contributed by atoms with Crippen molar-refractivity contribution in [3.05, 3.63) is 76.0 Å². The van der Waals surface area contributed by atoms with Crippen molar-refractivity contribution in [2.75, 3.05) is 0 Å². The highest BCUT2D eigenvalue weighted by Gasteiger charge is 2.27. The van der Waals surface area contributed by atoms with Crippen LogP contribution in [0.2, 0.25) is 0 Å². The Morgan fingerprint density at radius 2 is 1.17 bits per heavy atom. The Morgan fingerprint density at radius 1 is 0.696 bits per heavy atom. The van der Waals surface area contributed by atoms with Gasteiger partial charge in [-0.3, -0.25) is 19.2 Å². The third-order valence-corrected chi connectivity index (χ3v) is 4.35. The molecule has 0 heterocycles. The van der Waals surface area contributed by atoms with Gasteiger partial charge in [-0.15, -0.1) is 0 Å². The maximum Gasteiger partial charge on any atom is 0.237 e. The fourth-order valence-electron chi connectivity index (χ4n) is 3.34. The van der Waals surface area contributed by atoms with E-state index in [0.29, 0.717) is 5.56 Å². The van der Waals surface area contributed by atoms with Gasteiger partial charge in [0.2, 0.25) is 21.7 Å². The Labute approximate surface area is 127 Å². The fourth-order valence-corrected chi connectivity index (χ4v) is 3.34. The van der Waals surface area contributed by atoms with E-state index in [9.17, 15) is 23.6 Å². The molecule has 0 aromatic heterocycles. The van der Waals surface area contributed by atoms with Crippen LogP contribution in [0, 0.1) is 19.7 Å². The number of rotatable bonds is 0. The van der Waals surface area contributed by atoms with Crippen molar-refractivity contribution >= 4 is 21.5 Å². The normalized spacial score (nSPS) is 12.0. The average molecular weight is 308 g/mol. The summed E-state index contributed by atoms with van der Waals surface area (Å²) in [5.74, 6) is -0.818.